The normalized spacial score (nSPS) is 18.4. The van der Waals surface area contributed by atoms with E-state index in [0.717, 1.165) is 61.2 Å². The average molecular weight is 406 g/mol. The molecule has 1 aliphatic carbocycles. The summed E-state index contributed by atoms with van der Waals surface area (Å²) in [5.74, 6) is 1.78. The van der Waals surface area contributed by atoms with Crippen molar-refractivity contribution in [3.05, 3.63) is 65.7 Å². The van der Waals surface area contributed by atoms with Crippen LogP contribution in [0.25, 0.3) is 11.0 Å². The third-order valence-electron chi connectivity index (χ3n) is 6.79. The Morgan fingerprint density at radius 1 is 1.00 bits per heavy atom. The van der Waals surface area contributed by atoms with Gasteiger partial charge >= 0.3 is 0 Å². The van der Waals surface area contributed by atoms with Crippen LogP contribution in [-0.2, 0) is 11.3 Å². The molecule has 2 fully saturated rings. The Hall–Kier alpha value is -2.69. The molecule has 1 aliphatic heterocycles. The van der Waals surface area contributed by atoms with Crippen LogP contribution in [0, 0.1) is 11.7 Å². The molecule has 156 valence electrons. The summed E-state index contributed by atoms with van der Waals surface area (Å²) in [6.45, 7) is 2.22. The van der Waals surface area contributed by atoms with Crippen molar-refractivity contribution >= 4 is 16.9 Å². The summed E-state index contributed by atoms with van der Waals surface area (Å²) in [4.78, 5) is 19.8. The topological polar surface area (TPSA) is 38.1 Å². The summed E-state index contributed by atoms with van der Waals surface area (Å²) in [5, 5.41) is 0. The van der Waals surface area contributed by atoms with Gasteiger partial charge < -0.3 is 9.47 Å². The molecule has 2 aliphatic rings. The van der Waals surface area contributed by atoms with Crippen molar-refractivity contribution in [1.82, 2.24) is 14.5 Å². The molecule has 2 aromatic carbocycles. The van der Waals surface area contributed by atoms with Gasteiger partial charge in [-0.15, -0.1) is 0 Å². The molecule has 3 aromatic rings. The minimum absolute atomic E-state index is 0.211. The first-order valence-electron chi connectivity index (χ1n) is 11.2. The van der Waals surface area contributed by atoms with Crippen LogP contribution in [0.5, 0.6) is 0 Å². The molecule has 1 aromatic heterocycles. The third kappa shape index (κ3) is 3.73. The van der Waals surface area contributed by atoms with Crippen LogP contribution in [0.2, 0.25) is 0 Å². The molecule has 0 N–H and O–H groups in total. The van der Waals surface area contributed by atoms with Crippen molar-refractivity contribution in [3.63, 3.8) is 0 Å². The van der Waals surface area contributed by atoms with E-state index < -0.39 is 0 Å². The molecule has 5 rings (SSSR count). The van der Waals surface area contributed by atoms with Crippen LogP contribution in [0.4, 0.5) is 4.39 Å². The van der Waals surface area contributed by atoms with Gasteiger partial charge in [-0.05, 0) is 55.5 Å². The summed E-state index contributed by atoms with van der Waals surface area (Å²) >= 11 is 0. The van der Waals surface area contributed by atoms with E-state index >= 15 is 0 Å². The van der Waals surface area contributed by atoms with Gasteiger partial charge in [0.2, 0.25) is 5.91 Å². The fourth-order valence-corrected chi connectivity index (χ4v) is 5.18. The highest BCUT2D eigenvalue weighted by molar-refractivity contribution is 5.79. The number of fused-ring (bicyclic) bond motifs is 1. The molecule has 2 heterocycles. The van der Waals surface area contributed by atoms with Gasteiger partial charge in [-0.2, -0.15) is 0 Å². The van der Waals surface area contributed by atoms with E-state index in [4.69, 9.17) is 4.98 Å². The maximum absolute atomic E-state index is 13.7. The number of imidazole rings is 1. The summed E-state index contributed by atoms with van der Waals surface area (Å²) in [6, 6.07) is 15.0. The lowest BCUT2D eigenvalue weighted by atomic mass is 9.94. The molecule has 0 radical (unpaired) electrons. The highest BCUT2D eigenvalue weighted by atomic mass is 19.1. The summed E-state index contributed by atoms with van der Waals surface area (Å²) in [5.41, 5.74) is 3.00. The zero-order valence-electron chi connectivity index (χ0n) is 17.3. The Labute approximate surface area is 176 Å². The van der Waals surface area contributed by atoms with Crippen LogP contribution >= 0.6 is 0 Å². The fourth-order valence-electron chi connectivity index (χ4n) is 5.18. The van der Waals surface area contributed by atoms with E-state index in [2.05, 4.69) is 15.5 Å². The first kappa shape index (κ1) is 19.3. The number of hydrogen-bond donors (Lipinski definition) is 0. The van der Waals surface area contributed by atoms with Crippen LogP contribution < -0.4 is 0 Å². The van der Waals surface area contributed by atoms with Crippen molar-refractivity contribution in [1.29, 1.82) is 0 Å². The Kier molecular flexibility index (Phi) is 5.28. The standard InChI is InChI=1S/C25H28FN3O/c26-21-9-5-6-18(16-21)17-29-23-11-4-3-10-22(23)27-24(29)19-12-14-28(15-13-19)25(30)20-7-1-2-8-20/h3-6,9-11,16,19-20H,1-2,7-8,12-15,17H2. The van der Waals surface area contributed by atoms with Crippen LogP contribution in [0.1, 0.15) is 55.8 Å². The largest absolute Gasteiger partial charge is 0.342 e. The molecule has 0 spiro atoms. The van der Waals surface area contributed by atoms with Gasteiger partial charge in [0.05, 0.1) is 11.0 Å². The maximum atomic E-state index is 13.7. The number of rotatable bonds is 4. The van der Waals surface area contributed by atoms with Crippen LogP contribution in [0.15, 0.2) is 48.5 Å². The number of para-hydroxylation sites is 2. The van der Waals surface area contributed by atoms with E-state index in [1.54, 1.807) is 12.1 Å². The second kappa shape index (κ2) is 8.21. The summed E-state index contributed by atoms with van der Waals surface area (Å²) < 4.78 is 16.0. The van der Waals surface area contributed by atoms with Gasteiger partial charge in [-0.25, -0.2) is 9.37 Å². The second-order valence-corrected chi connectivity index (χ2v) is 8.76. The number of aromatic nitrogens is 2. The number of hydrogen-bond acceptors (Lipinski definition) is 2. The number of nitrogens with zero attached hydrogens (tertiary/aromatic N) is 3. The van der Waals surface area contributed by atoms with Crippen molar-refractivity contribution in [3.8, 4) is 0 Å². The SMILES string of the molecule is O=C(C1CCCC1)N1CCC(c2nc3ccccc3n2Cc2cccc(F)c2)CC1. The molecule has 4 nitrogen and oxygen atoms in total. The van der Waals surface area contributed by atoms with Crippen molar-refractivity contribution in [2.45, 2.75) is 51.0 Å². The molecule has 1 amide bonds. The molecular weight excluding hydrogens is 377 g/mol. The zero-order chi connectivity index (χ0) is 20.5. The van der Waals surface area contributed by atoms with E-state index in [1.165, 1.54) is 18.9 Å². The van der Waals surface area contributed by atoms with Crippen molar-refractivity contribution < 1.29 is 9.18 Å². The van der Waals surface area contributed by atoms with Gasteiger partial charge in [-0.1, -0.05) is 37.1 Å². The number of piperidine rings is 1. The Morgan fingerprint density at radius 2 is 1.77 bits per heavy atom. The lowest BCUT2D eigenvalue weighted by molar-refractivity contribution is -0.136. The van der Waals surface area contributed by atoms with Gasteiger partial charge in [0.25, 0.3) is 0 Å². The van der Waals surface area contributed by atoms with Gasteiger partial charge in [-0.3, -0.25) is 4.79 Å². The smallest absolute Gasteiger partial charge is 0.225 e. The molecule has 1 saturated carbocycles. The molecule has 5 heteroatoms. The Bertz CT molecular complexity index is 1050. The summed E-state index contributed by atoms with van der Waals surface area (Å²) in [7, 11) is 0. The van der Waals surface area contributed by atoms with Gasteiger partial charge in [0.15, 0.2) is 0 Å². The van der Waals surface area contributed by atoms with E-state index in [-0.39, 0.29) is 11.7 Å². The predicted molar refractivity (Wildman–Crippen MR) is 116 cm³/mol. The number of benzene rings is 2. The molecule has 30 heavy (non-hydrogen) atoms. The number of carbonyl (C=O) groups excluding carboxylic acids is 1. The molecule has 0 bridgehead atoms. The second-order valence-electron chi connectivity index (χ2n) is 8.76. The first-order chi connectivity index (χ1) is 14.7. The van der Waals surface area contributed by atoms with Gasteiger partial charge in [0.1, 0.15) is 11.6 Å². The molecule has 0 unspecified atom stereocenters. The Morgan fingerprint density at radius 3 is 2.53 bits per heavy atom. The van der Waals surface area contributed by atoms with E-state index in [1.807, 2.05) is 24.3 Å². The van der Waals surface area contributed by atoms with Crippen LogP contribution in [0.3, 0.4) is 0 Å². The third-order valence-corrected chi connectivity index (χ3v) is 6.79. The lowest BCUT2D eigenvalue weighted by Crippen LogP contribution is -2.41. The molecule has 1 saturated heterocycles. The van der Waals surface area contributed by atoms with Crippen LogP contribution in [-0.4, -0.2) is 33.4 Å². The minimum Gasteiger partial charge on any atom is -0.342 e. The predicted octanol–water partition coefficient (Wildman–Crippen LogP) is 5.12. The van der Waals surface area contributed by atoms with Crippen molar-refractivity contribution in [2.75, 3.05) is 13.1 Å². The number of carbonyl (C=O) groups is 1. The lowest BCUT2D eigenvalue weighted by Gasteiger charge is -2.33. The van der Waals surface area contributed by atoms with Crippen molar-refractivity contribution in [2.24, 2.45) is 5.92 Å². The zero-order valence-corrected chi connectivity index (χ0v) is 17.3. The number of amides is 1. The van der Waals surface area contributed by atoms with E-state index in [0.29, 0.717) is 18.4 Å². The monoisotopic (exact) mass is 405 g/mol. The fraction of sp³-hybridized carbons (Fsp3) is 0.440. The molecule has 0 atom stereocenters. The van der Waals surface area contributed by atoms with Gasteiger partial charge in [0, 0.05) is 31.5 Å². The number of halogens is 1. The minimum atomic E-state index is -0.211. The quantitative estimate of drug-likeness (QED) is 0.604. The highest BCUT2D eigenvalue weighted by Gasteiger charge is 2.32. The molecular formula is C25H28FN3O. The number of likely N-dealkylation sites (tertiary alicyclic amines) is 1. The average Bonchev–Trinajstić information content (AvgIpc) is 3.42. The highest BCUT2D eigenvalue weighted by Crippen LogP contribution is 2.33. The summed E-state index contributed by atoms with van der Waals surface area (Å²) in [6.07, 6.45) is 6.37. The van der Waals surface area contributed by atoms with E-state index in [9.17, 15) is 9.18 Å². The first-order valence-corrected chi connectivity index (χ1v) is 11.2. The Balaban J connectivity index is 1.38. The maximum Gasteiger partial charge on any atom is 0.225 e.